The molecule has 0 saturated heterocycles. The first-order chi connectivity index (χ1) is 9.54. The fraction of sp³-hybridized carbons (Fsp3) is 0.182. The third-order valence-corrected chi connectivity index (χ3v) is 2.26. The second-order valence-electron chi connectivity index (χ2n) is 3.83. The van der Waals surface area contributed by atoms with Gasteiger partial charge in [-0.1, -0.05) is 11.3 Å². The van der Waals surface area contributed by atoms with E-state index in [2.05, 4.69) is 20.6 Å². The van der Waals surface area contributed by atoms with Gasteiger partial charge in [-0.3, -0.25) is 9.59 Å². The van der Waals surface area contributed by atoms with E-state index >= 15 is 0 Å². The van der Waals surface area contributed by atoms with E-state index in [1.807, 2.05) is 0 Å². The maximum absolute atomic E-state index is 12.8. The summed E-state index contributed by atoms with van der Waals surface area (Å²) in [5, 5.41) is 18.3. The smallest absolute Gasteiger partial charge is 0.325 e. The van der Waals surface area contributed by atoms with Crippen LogP contribution < -0.4 is 5.32 Å². The summed E-state index contributed by atoms with van der Waals surface area (Å²) in [7, 11) is 0. The summed E-state index contributed by atoms with van der Waals surface area (Å²) in [6.45, 7) is -0.275. The van der Waals surface area contributed by atoms with Crippen molar-refractivity contribution in [3.63, 3.8) is 0 Å². The van der Waals surface area contributed by atoms with Gasteiger partial charge in [0, 0.05) is 0 Å². The lowest BCUT2D eigenvalue weighted by atomic mass is 10.3. The van der Waals surface area contributed by atoms with Gasteiger partial charge < -0.3 is 10.4 Å². The standard InChI is InChI=1S/C11H10FN5O3/c12-9-3-1-2-8(14-9)11(20)13-4-7-5-17(16-15-7)6-10(18)19/h1-3,5H,4,6H2,(H,13,20)(H,18,19). The van der Waals surface area contributed by atoms with Gasteiger partial charge in [-0.15, -0.1) is 5.10 Å². The fourth-order valence-electron chi connectivity index (χ4n) is 1.43. The lowest BCUT2D eigenvalue weighted by molar-refractivity contribution is -0.137. The fourth-order valence-corrected chi connectivity index (χ4v) is 1.43. The molecule has 0 aliphatic carbocycles. The third-order valence-electron chi connectivity index (χ3n) is 2.26. The molecule has 9 heteroatoms. The van der Waals surface area contributed by atoms with Crippen molar-refractivity contribution in [2.45, 2.75) is 13.1 Å². The zero-order valence-corrected chi connectivity index (χ0v) is 10.2. The van der Waals surface area contributed by atoms with Crippen LogP contribution in [0.1, 0.15) is 16.2 Å². The summed E-state index contributed by atoms with van der Waals surface area (Å²) < 4.78 is 14.0. The normalized spacial score (nSPS) is 10.2. The number of pyridine rings is 1. The molecule has 0 unspecified atom stereocenters. The minimum atomic E-state index is -1.05. The Kier molecular flexibility index (Phi) is 3.99. The van der Waals surface area contributed by atoms with Crippen LogP contribution in [0.15, 0.2) is 24.4 Å². The number of rotatable bonds is 5. The molecule has 0 saturated carbocycles. The first-order valence-electron chi connectivity index (χ1n) is 5.56. The molecule has 20 heavy (non-hydrogen) atoms. The van der Waals surface area contributed by atoms with Crippen LogP contribution in [0.5, 0.6) is 0 Å². The molecule has 0 aliphatic rings. The highest BCUT2D eigenvalue weighted by atomic mass is 19.1. The molecule has 2 aromatic heterocycles. The predicted molar refractivity (Wildman–Crippen MR) is 63.0 cm³/mol. The molecule has 2 aromatic rings. The number of nitrogens with one attached hydrogen (secondary N) is 1. The lowest BCUT2D eigenvalue weighted by Crippen LogP contribution is -2.24. The van der Waals surface area contributed by atoms with Gasteiger partial charge in [0.25, 0.3) is 5.91 Å². The molecular weight excluding hydrogens is 269 g/mol. The molecule has 0 radical (unpaired) electrons. The molecule has 0 aromatic carbocycles. The zero-order valence-electron chi connectivity index (χ0n) is 10.2. The van der Waals surface area contributed by atoms with Crippen molar-refractivity contribution in [3.05, 3.63) is 41.7 Å². The first kappa shape index (κ1) is 13.6. The van der Waals surface area contributed by atoms with Crippen LogP contribution in [-0.2, 0) is 17.9 Å². The van der Waals surface area contributed by atoms with E-state index in [1.54, 1.807) is 0 Å². The topological polar surface area (TPSA) is 110 Å². The minimum Gasteiger partial charge on any atom is -0.480 e. The number of hydrogen-bond acceptors (Lipinski definition) is 5. The average Bonchev–Trinajstić information content (AvgIpc) is 2.82. The van der Waals surface area contributed by atoms with Crippen molar-refractivity contribution >= 4 is 11.9 Å². The van der Waals surface area contributed by atoms with E-state index < -0.39 is 17.8 Å². The number of carboxylic acids is 1. The number of carbonyl (C=O) groups excluding carboxylic acids is 1. The Hall–Kier alpha value is -2.84. The van der Waals surface area contributed by atoms with Crippen molar-refractivity contribution < 1.29 is 19.1 Å². The van der Waals surface area contributed by atoms with E-state index in [-0.39, 0.29) is 18.8 Å². The molecule has 2 heterocycles. The number of nitrogens with zero attached hydrogens (tertiary/aromatic N) is 4. The molecule has 2 rings (SSSR count). The van der Waals surface area contributed by atoms with Crippen LogP contribution in [0.4, 0.5) is 4.39 Å². The van der Waals surface area contributed by atoms with Gasteiger partial charge in [-0.05, 0) is 12.1 Å². The summed E-state index contributed by atoms with van der Waals surface area (Å²) in [6, 6.07) is 3.88. The molecule has 0 spiro atoms. The molecule has 0 bridgehead atoms. The first-order valence-corrected chi connectivity index (χ1v) is 5.56. The van der Waals surface area contributed by atoms with Crippen LogP contribution in [0.25, 0.3) is 0 Å². The maximum atomic E-state index is 12.8. The average molecular weight is 279 g/mol. The summed E-state index contributed by atoms with van der Waals surface area (Å²) >= 11 is 0. The molecule has 2 N–H and O–H groups in total. The summed E-state index contributed by atoms with van der Waals surface area (Å²) in [5.41, 5.74) is 0.332. The van der Waals surface area contributed by atoms with E-state index in [4.69, 9.17) is 5.11 Å². The highest BCUT2D eigenvalue weighted by Gasteiger charge is 2.09. The van der Waals surface area contributed by atoms with Gasteiger partial charge in [0.05, 0.1) is 12.7 Å². The van der Waals surface area contributed by atoms with Gasteiger partial charge >= 0.3 is 5.97 Å². The molecule has 0 fully saturated rings. The van der Waals surface area contributed by atoms with Crippen molar-refractivity contribution in [1.29, 1.82) is 0 Å². The monoisotopic (exact) mass is 279 g/mol. The number of carboxylic acid groups (broad SMARTS) is 1. The number of amides is 1. The van der Waals surface area contributed by atoms with Crippen molar-refractivity contribution in [2.75, 3.05) is 0 Å². The Morgan fingerprint density at radius 1 is 1.40 bits per heavy atom. The molecule has 104 valence electrons. The molecule has 0 aliphatic heterocycles. The Labute approximate surface area is 112 Å². The maximum Gasteiger partial charge on any atom is 0.325 e. The van der Waals surface area contributed by atoms with Crippen LogP contribution in [-0.4, -0.2) is 37.0 Å². The molecule has 0 atom stereocenters. The Bertz CT molecular complexity index is 642. The molecule has 1 amide bonds. The lowest BCUT2D eigenvalue weighted by Gasteiger charge is -2.01. The third kappa shape index (κ3) is 3.57. The van der Waals surface area contributed by atoms with Crippen LogP contribution in [0, 0.1) is 5.95 Å². The number of aliphatic carboxylic acids is 1. The second-order valence-corrected chi connectivity index (χ2v) is 3.83. The molecular formula is C11H10FN5O3. The van der Waals surface area contributed by atoms with Gasteiger partial charge in [-0.2, -0.15) is 4.39 Å². The SMILES string of the molecule is O=C(O)Cn1cc(CNC(=O)c2cccc(F)n2)nn1. The van der Waals surface area contributed by atoms with E-state index in [1.165, 1.54) is 18.3 Å². The van der Waals surface area contributed by atoms with E-state index in [0.29, 0.717) is 5.69 Å². The van der Waals surface area contributed by atoms with Gasteiger partial charge in [0.2, 0.25) is 5.95 Å². The van der Waals surface area contributed by atoms with Crippen LogP contribution >= 0.6 is 0 Å². The molecule has 8 nitrogen and oxygen atoms in total. The number of hydrogen-bond donors (Lipinski definition) is 2. The van der Waals surface area contributed by atoms with E-state index in [9.17, 15) is 14.0 Å². The van der Waals surface area contributed by atoms with Crippen molar-refractivity contribution in [3.8, 4) is 0 Å². The zero-order chi connectivity index (χ0) is 14.5. The van der Waals surface area contributed by atoms with Gasteiger partial charge in [0.15, 0.2) is 0 Å². The van der Waals surface area contributed by atoms with Gasteiger partial charge in [0.1, 0.15) is 17.9 Å². The van der Waals surface area contributed by atoms with Crippen LogP contribution in [0.3, 0.4) is 0 Å². The Balaban J connectivity index is 1.93. The predicted octanol–water partition coefficient (Wildman–Crippen LogP) is -0.173. The second kappa shape index (κ2) is 5.87. The van der Waals surface area contributed by atoms with Crippen LogP contribution in [0.2, 0.25) is 0 Å². The quantitative estimate of drug-likeness (QED) is 0.735. The van der Waals surface area contributed by atoms with Crippen molar-refractivity contribution in [1.82, 2.24) is 25.3 Å². The van der Waals surface area contributed by atoms with E-state index in [0.717, 1.165) is 10.7 Å². The Morgan fingerprint density at radius 3 is 2.90 bits per heavy atom. The number of carbonyl (C=O) groups is 2. The highest BCUT2D eigenvalue weighted by Crippen LogP contribution is 1.99. The number of aromatic nitrogens is 4. The summed E-state index contributed by atoms with van der Waals surface area (Å²) in [4.78, 5) is 25.6. The van der Waals surface area contributed by atoms with Crippen molar-refractivity contribution in [2.24, 2.45) is 0 Å². The minimum absolute atomic E-state index is 0.0383. The highest BCUT2D eigenvalue weighted by molar-refractivity contribution is 5.92. The Morgan fingerprint density at radius 2 is 2.20 bits per heavy atom. The van der Waals surface area contributed by atoms with Gasteiger partial charge in [-0.25, -0.2) is 9.67 Å². The largest absolute Gasteiger partial charge is 0.480 e. The number of halogens is 1. The summed E-state index contributed by atoms with van der Waals surface area (Å²) in [6.07, 6.45) is 1.40. The summed E-state index contributed by atoms with van der Waals surface area (Å²) in [5.74, 6) is -2.35.